The zero-order valence-corrected chi connectivity index (χ0v) is 14.6. The summed E-state index contributed by atoms with van der Waals surface area (Å²) in [6.07, 6.45) is 4.77. The maximum Gasteiger partial charge on any atom is 0.225 e. The number of rotatable bonds is 4. The van der Waals surface area contributed by atoms with E-state index in [4.69, 9.17) is 0 Å². The highest BCUT2D eigenvalue weighted by Gasteiger charge is 2.40. The van der Waals surface area contributed by atoms with Crippen LogP contribution < -0.4 is 5.32 Å². The van der Waals surface area contributed by atoms with E-state index in [1.54, 1.807) is 13.0 Å². The van der Waals surface area contributed by atoms with Gasteiger partial charge in [0.05, 0.1) is 5.92 Å². The number of piperidine rings is 1. The normalized spacial score (nSPS) is 26.4. The summed E-state index contributed by atoms with van der Waals surface area (Å²) in [5, 5.41) is 3.08. The maximum atomic E-state index is 13.6. The highest BCUT2D eigenvalue weighted by molar-refractivity contribution is 5.84. The number of halogens is 1. The predicted octanol–water partition coefficient (Wildman–Crippen LogP) is 2.75. The third kappa shape index (κ3) is 3.70. The number of carbonyl (C=O) groups excluding carboxylic acids is 2. The molecule has 1 aromatic rings. The third-order valence-electron chi connectivity index (χ3n) is 5.64. The molecule has 25 heavy (non-hydrogen) atoms. The van der Waals surface area contributed by atoms with E-state index in [2.05, 4.69) is 5.32 Å². The quantitative estimate of drug-likeness (QED) is 0.913. The Bertz CT molecular complexity index is 697. The largest absolute Gasteiger partial charge is 0.353 e. The minimum Gasteiger partial charge on any atom is -0.353 e. The molecule has 1 saturated heterocycles. The van der Waals surface area contributed by atoms with Gasteiger partial charge in [-0.3, -0.25) is 9.59 Å². The van der Waals surface area contributed by atoms with E-state index >= 15 is 0 Å². The first-order chi connectivity index (χ1) is 12.0. The van der Waals surface area contributed by atoms with Crippen molar-refractivity contribution in [2.75, 3.05) is 13.1 Å². The molecule has 2 amide bonds. The zero-order chi connectivity index (χ0) is 17.6. The Labute approximate surface area is 147 Å². The van der Waals surface area contributed by atoms with Crippen LogP contribution in [0.4, 0.5) is 4.39 Å². The second-order valence-corrected chi connectivity index (χ2v) is 7.94. The van der Waals surface area contributed by atoms with Crippen LogP contribution in [0.25, 0.3) is 0 Å². The van der Waals surface area contributed by atoms with Crippen molar-refractivity contribution in [2.45, 2.75) is 51.0 Å². The van der Waals surface area contributed by atoms with E-state index in [0.717, 1.165) is 37.7 Å². The number of likely N-dealkylation sites (tertiary alicyclic amines) is 1. The van der Waals surface area contributed by atoms with Crippen LogP contribution in [0.15, 0.2) is 18.2 Å². The van der Waals surface area contributed by atoms with Gasteiger partial charge in [0.1, 0.15) is 5.82 Å². The standard InChI is InChI=1S/C20H25FN2O2/c1-12-8-14(4-7-18(12)21)15-9-16(19(24)22-17-5-6-17)11-23(10-15)20(25)13-2-3-13/h4,7-8,13,15-17H,2-3,5-6,9-11H2,1H3,(H,22,24)/t15-,16-/m1/s1. The lowest BCUT2D eigenvalue weighted by Crippen LogP contribution is -2.48. The minimum atomic E-state index is -0.214. The summed E-state index contributed by atoms with van der Waals surface area (Å²) in [5.74, 6) is 0.111. The first-order valence-corrected chi connectivity index (χ1v) is 9.36. The Kier molecular flexibility index (Phi) is 4.26. The maximum absolute atomic E-state index is 13.6. The number of carbonyl (C=O) groups is 2. The van der Waals surface area contributed by atoms with Gasteiger partial charge in [-0.1, -0.05) is 12.1 Å². The molecule has 0 radical (unpaired) electrons. The van der Waals surface area contributed by atoms with Crippen molar-refractivity contribution in [2.24, 2.45) is 11.8 Å². The van der Waals surface area contributed by atoms with Gasteiger partial charge in [-0.2, -0.15) is 0 Å². The van der Waals surface area contributed by atoms with E-state index in [0.29, 0.717) is 24.7 Å². The summed E-state index contributed by atoms with van der Waals surface area (Å²) in [4.78, 5) is 27.1. The summed E-state index contributed by atoms with van der Waals surface area (Å²) in [6.45, 7) is 2.91. The fourth-order valence-electron chi connectivity index (χ4n) is 3.77. The fraction of sp³-hybridized carbons (Fsp3) is 0.600. The average molecular weight is 344 g/mol. The van der Waals surface area contributed by atoms with Gasteiger partial charge in [-0.05, 0) is 56.2 Å². The molecule has 2 aliphatic carbocycles. The van der Waals surface area contributed by atoms with Gasteiger partial charge in [0.25, 0.3) is 0 Å². The molecule has 2 saturated carbocycles. The van der Waals surface area contributed by atoms with Crippen LogP contribution in [0.2, 0.25) is 0 Å². The topological polar surface area (TPSA) is 49.4 Å². The molecule has 0 unspecified atom stereocenters. The molecule has 5 heteroatoms. The minimum absolute atomic E-state index is 0.0691. The van der Waals surface area contributed by atoms with Gasteiger partial charge in [0.15, 0.2) is 0 Å². The van der Waals surface area contributed by atoms with Crippen LogP contribution in [0.1, 0.15) is 49.1 Å². The van der Waals surface area contributed by atoms with Gasteiger partial charge in [-0.15, -0.1) is 0 Å². The molecule has 134 valence electrons. The van der Waals surface area contributed by atoms with Crippen LogP contribution in [-0.4, -0.2) is 35.8 Å². The third-order valence-corrected chi connectivity index (χ3v) is 5.64. The number of hydrogen-bond acceptors (Lipinski definition) is 2. The molecular formula is C20H25FN2O2. The molecule has 3 fully saturated rings. The number of nitrogens with one attached hydrogen (secondary N) is 1. The molecule has 0 bridgehead atoms. The monoisotopic (exact) mass is 344 g/mol. The lowest BCUT2D eigenvalue weighted by Gasteiger charge is -2.37. The van der Waals surface area contributed by atoms with Crippen molar-refractivity contribution in [3.8, 4) is 0 Å². The molecule has 1 N–H and O–H groups in total. The van der Waals surface area contributed by atoms with E-state index in [9.17, 15) is 14.0 Å². The molecule has 0 spiro atoms. The summed E-state index contributed by atoms with van der Waals surface area (Å²) in [5.41, 5.74) is 1.64. The van der Waals surface area contributed by atoms with Crippen molar-refractivity contribution in [1.29, 1.82) is 0 Å². The second-order valence-electron chi connectivity index (χ2n) is 7.94. The summed E-state index contributed by atoms with van der Waals surface area (Å²) >= 11 is 0. The Balaban J connectivity index is 1.54. The van der Waals surface area contributed by atoms with Gasteiger partial charge in [-0.25, -0.2) is 4.39 Å². The molecular weight excluding hydrogens is 319 g/mol. The van der Waals surface area contributed by atoms with Gasteiger partial charge >= 0.3 is 0 Å². The van der Waals surface area contributed by atoms with Crippen LogP contribution in [0.5, 0.6) is 0 Å². The Hall–Kier alpha value is -1.91. The van der Waals surface area contributed by atoms with Gasteiger partial charge < -0.3 is 10.2 Å². The summed E-state index contributed by atoms with van der Waals surface area (Å²) < 4.78 is 13.6. The number of nitrogens with zero attached hydrogens (tertiary/aromatic N) is 1. The van der Waals surface area contributed by atoms with E-state index in [-0.39, 0.29) is 35.4 Å². The predicted molar refractivity (Wildman–Crippen MR) is 92.5 cm³/mol. The van der Waals surface area contributed by atoms with Gasteiger partial charge in [0.2, 0.25) is 11.8 Å². The number of aryl methyl sites for hydroxylation is 1. The highest BCUT2D eigenvalue weighted by Crippen LogP contribution is 2.36. The first-order valence-electron chi connectivity index (χ1n) is 9.36. The molecule has 2 atom stereocenters. The average Bonchev–Trinajstić information content (AvgIpc) is 3.50. The first kappa shape index (κ1) is 16.6. The van der Waals surface area contributed by atoms with Crippen molar-refractivity contribution in [3.05, 3.63) is 35.1 Å². The second kappa shape index (κ2) is 6.43. The highest BCUT2D eigenvalue weighted by atomic mass is 19.1. The SMILES string of the molecule is Cc1cc([C@@H]2C[C@@H](C(=O)NC3CC3)CN(C(=O)C3CC3)C2)ccc1F. The van der Waals surface area contributed by atoms with E-state index in [1.807, 2.05) is 11.0 Å². The van der Waals surface area contributed by atoms with E-state index < -0.39 is 0 Å². The Morgan fingerprint density at radius 1 is 1.12 bits per heavy atom. The van der Waals surface area contributed by atoms with Gasteiger partial charge in [0, 0.05) is 31.0 Å². The van der Waals surface area contributed by atoms with Crippen LogP contribution in [0.3, 0.4) is 0 Å². The molecule has 1 heterocycles. The molecule has 4 rings (SSSR count). The molecule has 0 aromatic heterocycles. The van der Waals surface area contributed by atoms with Crippen molar-refractivity contribution in [3.63, 3.8) is 0 Å². The fourth-order valence-corrected chi connectivity index (χ4v) is 3.77. The summed E-state index contributed by atoms with van der Waals surface area (Å²) in [6, 6.07) is 5.48. The smallest absolute Gasteiger partial charge is 0.225 e. The molecule has 3 aliphatic rings. The molecule has 1 aliphatic heterocycles. The molecule has 4 nitrogen and oxygen atoms in total. The number of benzene rings is 1. The number of amides is 2. The van der Waals surface area contributed by atoms with Crippen LogP contribution in [-0.2, 0) is 9.59 Å². The van der Waals surface area contributed by atoms with Crippen LogP contribution in [0, 0.1) is 24.6 Å². The van der Waals surface area contributed by atoms with Crippen molar-refractivity contribution < 1.29 is 14.0 Å². The van der Waals surface area contributed by atoms with Crippen molar-refractivity contribution >= 4 is 11.8 Å². The lowest BCUT2D eigenvalue weighted by molar-refractivity contribution is -0.137. The lowest BCUT2D eigenvalue weighted by atomic mass is 9.83. The Morgan fingerprint density at radius 3 is 2.52 bits per heavy atom. The summed E-state index contributed by atoms with van der Waals surface area (Å²) in [7, 11) is 0. The number of hydrogen-bond donors (Lipinski definition) is 1. The molecule has 1 aromatic carbocycles. The van der Waals surface area contributed by atoms with E-state index in [1.165, 1.54) is 6.07 Å². The van der Waals surface area contributed by atoms with Crippen molar-refractivity contribution in [1.82, 2.24) is 10.2 Å². The zero-order valence-electron chi connectivity index (χ0n) is 14.6. The van der Waals surface area contributed by atoms with Crippen LogP contribution >= 0.6 is 0 Å². The Morgan fingerprint density at radius 2 is 1.88 bits per heavy atom.